The Morgan fingerprint density at radius 3 is 2.63 bits per heavy atom. The molecule has 0 bridgehead atoms. The SMILES string of the molecule is CC(=O)CCN(C)c1cc(NCC(C)(C)C)ncn1. The van der Waals surface area contributed by atoms with Crippen LogP contribution < -0.4 is 10.2 Å². The van der Waals surface area contributed by atoms with E-state index in [4.69, 9.17) is 0 Å². The third-order valence-corrected chi connectivity index (χ3v) is 2.64. The number of ketones is 1. The highest BCUT2D eigenvalue weighted by atomic mass is 16.1. The van der Waals surface area contributed by atoms with Crippen LogP contribution in [0.4, 0.5) is 11.6 Å². The summed E-state index contributed by atoms with van der Waals surface area (Å²) in [6.45, 7) is 9.62. The van der Waals surface area contributed by atoms with Crippen LogP contribution in [0, 0.1) is 5.41 Å². The fourth-order valence-corrected chi connectivity index (χ4v) is 1.45. The van der Waals surface area contributed by atoms with Crippen molar-refractivity contribution >= 4 is 17.4 Å². The van der Waals surface area contributed by atoms with Gasteiger partial charge in [-0.25, -0.2) is 9.97 Å². The summed E-state index contributed by atoms with van der Waals surface area (Å²) in [5.41, 5.74) is 0.200. The topological polar surface area (TPSA) is 58.1 Å². The first-order valence-electron chi connectivity index (χ1n) is 6.54. The highest BCUT2D eigenvalue weighted by Gasteiger charge is 2.11. The number of nitrogens with one attached hydrogen (secondary N) is 1. The lowest BCUT2D eigenvalue weighted by Gasteiger charge is -2.21. The molecule has 0 saturated carbocycles. The van der Waals surface area contributed by atoms with E-state index in [0.29, 0.717) is 13.0 Å². The molecular formula is C14H24N4O. The van der Waals surface area contributed by atoms with E-state index in [9.17, 15) is 4.79 Å². The lowest BCUT2D eigenvalue weighted by atomic mass is 9.97. The van der Waals surface area contributed by atoms with E-state index >= 15 is 0 Å². The largest absolute Gasteiger partial charge is 0.369 e. The molecule has 0 unspecified atom stereocenters. The number of hydrogen-bond donors (Lipinski definition) is 1. The van der Waals surface area contributed by atoms with Gasteiger partial charge in [-0.2, -0.15) is 0 Å². The molecule has 1 heterocycles. The Morgan fingerprint density at radius 1 is 1.37 bits per heavy atom. The number of hydrogen-bond acceptors (Lipinski definition) is 5. The van der Waals surface area contributed by atoms with Gasteiger partial charge in [0.25, 0.3) is 0 Å². The van der Waals surface area contributed by atoms with Crippen molar-refractivity contribution in [1.29, 1.82) is 0 Å². The molecule has 0 aromatic carbocycles. The quantitative estimate of drug-likeness (QED) is 0.854. The molecule has 106 valence electrons. The minimum atomic E-state index is 0.187. The van der Waals surface area contributed by atoms with Gasteiger partial charge in [-0.15, -0.1) is 0 Å². The second-order valence-corrected chi connectivity index (χ2v) is 6.05. The number of Topliss-reactive ketones (excluding diaryl/α,β-unsaturated/α-hetero) is 1. The normalized spacial score (nSPS) is 11.2. The number of anilines is 2. The van der Waals surface area contributed by atoms with Gasteiger partial charge in [0.15, 0.2) is 0 Å². The summed E-state index contributed by atoms with van der Waals surface area (Å²) >= 11 is 0. The van der Waals surface area contributed by atoms with Crippen LogP contribution >= 0.6 is 0 Å². The number of carbonyl (C=O) groups excluding carboxylic acids is 1. The van der Waals surface area contributed by atoms with E-state index in [1.54, 1.807) is 13.3 Å². The molecule has 0 atom stereocenters. The van der Waals surface area contributed by atoms with E-state index in [2.05, 4.69) is 36.1 Å². The molecule has 0 radical (unpaired) electrons. The average Bonchev–Trinajstić information content (AvgIpc) is 2.33. The minimum Gasteiger partial charge on any atom is -0.369 e. The highest BCUT2D eigenvalue weighted by molar-refractivity contribution is 5.76. The van der Waals surface area contributed by atoms with Crippen molar-refractivity contribution in [2.24, 2.45) is 5.41 Å². The number of carbonyl (C=O) groups is 1. The van der Waals surface area contributed by atoms with Crippen LogP contribution in [0.2, 0.25) is 0 Å². The van der Waals surface area contributed by atoms with Gasteiger partial charge in [-0.05, 0) is 12.3 Å². The fourth-order valence-electron chi connectivity index (χ4n) is 1.45. The van der Waals surface area contributed by atoms with E-state index in [1.165, 1.54) is 0 Å². The molecule has 0 fully saturated rings. The highest BCUT2D eigenvalue weighted by Crippen LogP contribution is 2.16. The molecule has 1 N–H and O–H groups in total. The molecule has 0 saturated heterocycles. The summed E-state index contributed by atoms with van der Waals surface area (Å²) in [7, 11) is 1.93. The Hall–Kier alpha value is -1.65. The molecule has 1 aromatic heterocycles. The molecule has 0 spiro atoms. The lowest BCUT2D eigenvalue weighted by molar-refractivity contribution is -0.116. The molecule has 1 aromatic rings. The zero-order chi connectivity index (χ0) is 14.5. The van der Waals surface area contributed by atoms with Gasteiger partial charge >= 0.3 is 0 Å². The van der Waals surface area contributed by atoms with Crippen molar-refractivity contribution in [1.82, 2.24) is 9.97 Å². The average molecular weight is 264 g/mol. The van der Waals surface area contributed by atoms with E-state index in [0.717, 1.165) is 18.2 Å². The zero-order valence-corrected chi connectivity index (χ0v) is 12.5. The number of nitrogens with zero attached hydrogens (tertiary/aromatic N) is 3. The maximum Gasteiger partial charge on any atom is 0.133 e. The second-order valence-electron chi connectivity index (χ2n) is 6.05. The van der Waals surface area contributed by atoms with Crippen LogP contribution in [-0.2, 0) is 4.79 Å². The summed E-state index contributed by atoms with van der Waals surface area (Å²) in [5, 5.41) is 3.30. The number of aromatic nitrogens is 2. The third-order valence-electron chi connectivity index (χ3n) is 2.64. The fraction of sp³-hybridized carbons (Fsp3) is 0.643. The molecule has 0 aliphatic carbocycles. The maximum absolute atomic E-state index is 11.0. The Labute approximate surface area is 115 Å². The van der Waals surface area contributed by atoms with Crippen molar-refractivity contribution in [3.05, 3.63) is 12.4 Å². The summed E-state index contributed by atoms with van der Waals surface area (Å²) < 4.78 is 0. The van der Waals surface area contributed by atoms with Gasteiger partial charge < -0.3 is 10.2 Å². The van der Waals surface area contributed by atoms with Gasteiger partial charge in [-0.1, -0.05) is 20.8 Å². The first-order valence-corrected chi connectivity index (χ1v) is 6.54. The van der Waals surface area contributed by atoms with Crippen LogP contribution in [-0.4, -0.2) is 35.9 Å². The molecule has 1 rings (SSSR count). The summed E-state index contributed by atoms with van der Waals surface area (Å²) in [5.74, 6) is 1.83. The molecular weight excluding hydrogens is 240 g/mol. The van der Waals surface area contributed by atoms with Crippen molar-refractivity contribution in [2.45, 2.75) is 34.1 Å². The Balaban J connectivity index is 2.63. The van der Waals surface area contributed by atoms with Crippen molar-refractivity contribution in [2.75, 3.05) is 30.4 Å². The van der Waals surface area contributed by atoms with Crippen molar-refractivity contribution < 1.29 is 4.79 Å². The Morgan fingerprint density at radius 2 is 2.05 bits per heavy atom. The monoisotopic (exact) mass is 264 g/mol. The molecule has 0 aliphatic rings. The van der Waals surface area contributed by atoms with E-state index < -0.39 is 0 Å². The lowest BCUT2D eigenvalue weighted by Crippen LogP contribution is -2.23. The van der Waals surface area contributed by atoms with Crippen LogP contribution in [0.1, 0.15) is 34.1 Å². The summed E-state index contributed by atoms with van der Waals surface area (Å²) in [4.78, 5) is 21.4. The van der Waals surface area contributed by atoms with Crippen molar-refractivity contribution in [3.8, 4) is 0 Å². The van der Waals surface area contributed by atoms with Crippen molar-refractivity contribution in [3.63, 3.8) is 0 Å². The first-order chi connectivity index (χ1) is 8.78. The van der Waals surface area contributed by atoms with Crippen LogP contribution in [0.15, 0.2) is 12.4 Å². The van der Waals surface area contributed by atoms with Crippen LogP contribution in [0.3, 0.4) is 0 Å². The summed E-state index contributed by atoms with van der Waals surface area (Å²) in [6, 6.07) is 1.91. The van der Waals surface area contributed by atoms with Gasteiger partial charge in [-0.3, -0.25) is 4.79 Å². The molecule has 5 nitrogen and oxygen atoms in total. The van der Waals surface area contributed by atoms with Gasteiger partial charge in [0.1, 0.15) is 23.7 Å². The maximum atomic E-state index is 11.0. The van der Waals surface area contributed by atoms with E-state index in [-0.39, 0.29) is 11.2 Å². The zero-order valence-electron chi connectivity index (χ0n) is 12.5. The Kier molecular flexibility index (Phi) is 5.27. The minimum absolute atomic E-state index is 0.187. The molecule has 0 aliphatic heterocycles. The molecule has 0 amide bonds. The van der Waals surface area contributed by atoms with Gasteiger partial charge in [0.2, 0.25) is 0 Å². The third kappa shape index (κ3) is 6.18. The molecule has 19 heavy (non-hydrogen) atoms. The van der Waals surface area contributed by atoms with Crippen LogP contribution in [0.5, 0.6) is 0 Å². The number of rotatable bonds is 6. The Bertz CT molecular complexity index is 426. The first kappa shape index (κ1) is 15.4. The van der Waals surface area contributed by atoms with Gasteiger partial charge in [0, 0.05) is 32.6 Å². The van der Waals surface area contributed by atoms with E-state index in [1.807, 2.05) is 18.0 Å². The standard InChI is InChI=1S/C14H24N4O/c1-11(19)6-7-18(5)13-8-12(16-10-17-13)15-9-14(2,3)4/h8,10H,6-7,9H2,1-5H3,(H,15,16,17). The summed E-state index contributed by atoms with van der Waals surface area (Å²) in [6.07, 6.45) is 2.08. The van der Waals surface area contributed by atoms with Crippen LogP contribution in [0.25, 0.3) is 0 Å². The smallest absolute Gasteiger partial charge is 0.133 e. The predicted octanol–water partition coefficient (Wildman–Crippen LogP) is 2.35. The van der Waals surface area contributed by atoms with Gasteiger partial charge in [0.05, 0.1) is 0 Å². The second kappa shape index (κ2) is 6.50. The predicted molar refractivity (Wildman–Crippen MR) is 78.5 cm³/mol. The molecule has 5 heteroatoms.